The lowest BCUT2D eigenvalue weighted by atomic mass is 10.2. The van der Waals surface area contributed by atoms with Crippen molar-refractivity contribution in [1.29, 1.82) is 0 Å². The van der Waals surface area contributed by atoms with Crippen molar-refractivity contribution in [2.45, 2.75) is 18.3 Å². The van der Waals surface area contributed by atoms with Crippen LogP contribution in [0.15, 0.2) is 18.3 Å². The molecule has 5 heteroatoms. The Morgan fingerprint density at radius 1 is 1.39 bits per heavy atom. The minimum atomic E-state index is 0.262. The molecular weight excluding hydrogens is 296 g/mol. The van der Waals surface area contributed by atoms with Crippen LogP contribution in [0.25, 0.3) is 0 Å². The first kappa shape index (κ1) is 15.4. The minimum absolute atomic E-state index is 0.262. The fourth-order valence-corrected chi connectivity index (χ4v) is 2.29. The molecule has 0 N–H and O–H groups in total. The molecule has 0 amide bonds. The summed E-state index contributed by atoms with van der Waals surface area (Å²) in [7, 11) is 3.43. The Morgan fingerprint density at radius 2 is 2.17 bits per heavy atom. The number of nitrogens with zero attached hydrogens (tertiary/aromatic N) is 2. The maximum Gasteiger partial charge on any atom is 0.132 e. The third kappa shape index (κ3) is 4.23. The molecule has 0 saturated heterocycles. The fraction of sp³-hybridized carbons (Fsp3) is 0.615. The third-order valence-corrected chi connectivity index (χ3v) is 3.36. The summed E-state index contributed by atoms with van der Waals surface area (Å²) < 4.78 is 10.4. The van der Waals surface area contributed by atoms with E-state index in [0.29, 0.717) is 13.2 Å². The number of hydrogen-bond donors (Lipinski definition) is 0. The van der Waals surface area contributed by atoms with Gasteiger partial charge in [0.2, 0.25) is 0 Å². The van der Waals surface area contributed by atoms with Gasteiger partial charge >= 0.3 is 0 Å². The summed E-state index contributed by atoms with van der Waals surface area (Å²) in [6.07, 6.45) is 1.82. The van der Waals surface area contributed by atoms with Crippen LogP contribution in [0, 0.1) is 0 Å². The Hall–Kier alpha value is -0.650. The highest BCUT2D eigenvalue weighted by atomic mass is 79.9. The second kappa shape index (κ2) is 8.45. The zero-order chi connectivity index (χ0) is 13.4. The normalized spacial score (nSPS) is 12.4. The van der Waals surface area contributed by atoms with Gasteiger partial charge in [0.25, 0.3) is 0 Å². The Labute approximate surface area is 117 Å². The highest BCUT2D eigenvalue weighted by molar-refractivity contribution is 9.08. The molecule has 0 radical (unpaired) electrons. The lowest BCUT2D eigenvalue weighted by Crippen LogP contribution is -2.39. The van der Waals surface area contributed by atoms with E-state index in [4.69, 9.17) is 9.47 Å². The monoisotopic (exact) mass is 316 g/mol. The first-order valence-corrected chi connectivity index (χ1v) is 7.11. The molecular formula is C13H21BrN2O2. The van der Waals surface area contributed by atoms with Gasteiger partial charge in [-0.05, 0) is 13.0 Å². The van der Waals surface area contributed by atoms with E-state index in [1.807, 2.05) is 12.3 Å². The van der Waals surface area contributed by atoms with Crippen LogP contribution in [0.4, 0.5) is 5.82 Å². The molecule has 0 aliphatic heterocycles. The predicted octanol–water partition coefficient (Wildman–Crippen LogP) is 2.46. The number of methoxy groups -OCH3 is 2. The zero-order valence-corrected chi connectivity index (χ0v) is 12.8. The predicted molar refractivity (Wildman–Crippen MR) is 77.4 cm³/mol. The summed E-state index contributed by atoms with van der Waals surface area (Å²) in [4.78, 5) is 6.72. The Bertz CT molecular complexity index is 350. The van der Waals surface area contributed by atoms with Crippen LogP contribution in [0.5, 0.6) is 0 Å². The zero-order valence-electron chi connectivity index (χ0n) is 11.2. The second-order valence-corrected chi connectivity index (χ2v) is 4.67. The van der Waals surface area contributed by atoms with Crippen molar-refractivity contribution >= 4 is 21.7 Å². The van der Waals surface area contributed by atoms with Crippen LogP contribution in [0.3, 0.4) is 0 Å². The number of anilines is 1. The molecule has 1 rings (SSSR count). The number of halogens is 1. The molecule has 1 unspecified atom stereocenters. The molecule has 102 valence electrons. The lowest BCUT2D eigenvalue weighted by Gasteiger charge is -2.31. The molecule has 0 saturated carbocycles. The number of hydrogen-bond acceptors (Lipinski definition) is 4. The summed E-state index contributed by atoms with van der Waals surface area (Å²) in [6, 6.07) is 4.30. The van der Waals surface area contributed by atoms with E-state index in [1.54, 1.807) is 14.2 Å². The first-order chi connectivity index (χ1) is 8.74. The smallest absolute Gasteiger partial charge is 0.132 e. The van der Waals surface area contributed by atoms with Gasteiger partial charge in [-0.2, -0.15) is 0 Å². The van der Waals surface area contributed by atoms with Crippen molar-refractivity contribution in [2.24, 2.45) is 0 Å². The minimum Gasteiger partial charge on any atom is -0.383 e. The largest absolute Gasteiger partial charge is 0.383 e. The summed E-state index contributed by atoms with van der Waals surface area (Å²) in [5, 5.41) is 0.791. The van der Waals surface area contributed by atoms with Crippen molar-refractivity contribution in [2.75, 3.05) is 38.9 Å². The first-order valence-electron chi connectivity index (χ1n) is 5.99. The van der Waals surface area contributed by atoms with Gasteiger partial charge in [0.05, 0.1) is 19.3 Å². The van der Waals surface area contributed by atoms with Gasteiger partial charge in [-0.15, -0.1) is 0 Å². The Balaban J connectivity index is 2.92. The number of ether oxygens (including phenoxy) is 2. The molecule has 0 aromatic carbocycles. The van der Waals surface area contributed by atoms with Crippen molar-refractivity contribution in [1.82, 2.24) is 4.98 Å². The molecule has 0 bridgehead atoms. The van der Waals surface area contributed by atoms with Crippen molar-refractivity contribution in [3.8, 4) is 0 Å². The number of pyridine rings is 1. The van der Waals surface area contributed by atoms with Crippen molar-refractivity contribution in [3.63, 3.8) is 0 Å². The third-order valence-electron chi connectivity index (χ3n) is 2.76. The summed E-state index contributed by atoms with van der Waals surface area (Å²) in [5.74, 6) is 0.996. The quantitative estimate of drug-likeness (QED) is 0.690. The SMILES string of the molecule is COCCN(c1ncccc1CBr)C(C)COC. The van der Waals surface area contributed by atoms with Crippen molar-refractivity contribution in [3.05, 3.63) is 23.9 Å². The van der Waals surface area contributed by atoms with Gasteiger partial charge < -0.3 is 14.4 Å². The lowest BCUT2D eigenvalue weighted by molar-refractivity contribution is 0.170. The van der Waals surface area contributed by atoms with Gasteiger partial charge in [0, 0.05) is 37.9 Å². The molecule has 0 aliphatic rings. The van der Waals surface area contributed by atoms with Crippen LogP contribution in [-0.4, -0.2) is 45.0 Å². The molecule has 1 atom stereocenters. The summed E-state index contributed by atoms with van der Waals surface area (Å²) >= 11 is 3.50. The maximum atomic E-state index is 5.24. The van der Waals surface area contributed by atoms with E-state index in [-0.39, 0.29) is 6.04 Å². The fourth-order valence-electron chi connectivity index (χ4n) is 1.85. The van der Waals surface area contributed by atoms with Gasteiger partial charge in [-0.1, -0.05) is 22.0 Å². The second-order valence-electron chi connectivity index (χ2n) is 4.11. The Kier molecular flexibility index (Phi) is 7.23. The van der Waals surface area contributed by atoms with Gasteiger partial charge in [-0.3, -0.25) is 0 Å². The molecule has 0 spiro atoms. The van der Waals surface area contributed by atoms with E-state index in [2.05, 4.69) is 38.8 Å². The molecule has 0 fully saturated rings. The topological polar surface area (TPSA) is 34.6 Å². The van der Waals surface area contributed by atoms with E-state index in [0.717, 1.165) is 17.7 Å². The van der Waals surface area contributed by atoms with E-state index >= 15 is 0 Å². The number of rotatable bonds is 8. The van der Waals surface area contributed by atoms with Crippen LogP contribution in [0.1, 0.15) is 12.5 Å². The molecule has 0 aliphatic carbocycles. The Morgan fingerprint density at radius 3 is 2.78 bits per heavy atom. The molecule has 1 aromatic rings. The van der Waals surface area contributed by atoms with Crippen LogP contribution in [-0.2, 0) is 14.8 Å². The summed E-state index contributed by atoms with van der Waals surface area (Å²) in [6.45, 7) is 4.28. The van der Waals surface area contributed by atoms with Gasteiger partial charge in [-0.25, -0.2) is 4.98 Å². The van der Waals surface area contributed by atoms with E-state index < -0.39 is 0 Å². The van der Waals surface area contributed by atoms with E-state index in [9.17, 15) is 0 Å². The molecule has 4 nitrogen and oxygen atoms in total. The average molecular weight is 317 g/mol. The highest BCUT2D eigenvalue weighted by Gasteiger charge is 2.18. The van der Waals surface area contributed by atoms with Gasteiger partial charge in [0.15, 0.2) is 0 Å². The molecule has 1 aromatic heterocycles. The molecule has 1 heterocycles. The van der Waals surface area contributed by atoms with Crippen LogP contribution >= 0.6 is 15.9 Å². The number of alkyl halides is 1. The van der Waals surface area contributed by atoms with Crippen LogP contribution in [0.2, 0.25) is 0 Å². The number of aromatic nitrogens is 1. The summed E-state index contributed by atoms with van der Waals surface area (Å²) in [5.41, 5.74) is 1.18. The van der Waals surface area contributed by atoms with Crippen LogP contribution < -0.4 is 4.90 Å². The maximum absolute atomic E-state index is 5.24. The average Bonchev–Trinajstić information content (AvgIpc) is 2.40. The molecule has 18 heavy (non-hydrogen) atoms. The van der Waals surface area contributed by atoms with Crippen molar-refractivity contribution < 1.29 is 9.47 Å². The van der Waals surface area contributed by atoms with E-state index in [1.165, 1.54) is 5.56 Å². The highest BCUT2D eigenvalue weighted by Crippen LogP contribution is 2.21. The van der Waals surface area contributed by atoms with Gasteiger partial charge in [0.1, 0.15) is 5.82 Å². The standard InChI is InChI=1S/C13H21BrN2O2/c1-11(10-18-3)16(7-8-17-2)13-12(9-14)5-4-6-15-13/h4-6,11H,7-10H2,1-3H3.